The Balaban J connectivity index is 2.59. The predicted molar refractivity (Wildman–Crippen MR) is 59.7 cm³/mol. The van der Waals surface area contributed by atoms with Crippen LogP contribution in [0.4, 0.5) is 4.39 Å². The molecule has 0 aliphatic carbocycles. The second-order valence-corrected chi connectivity index (χ2v) is 4.06. The third-order valence-corrected chi connectivity index (χ3v) is 2.95. The fraction of sp³-hybridized carbons (Fsp3) is 0.600. The minimum absolute atomic E-state index is 0.0871. The smallest absolute Gasteiger partial charge is 0.159 e. The van der Waals surface area contributed by atoms with Crippen LogP contribution in [0.3, 0.4) is 0 Å². The SMILES string of the molecule is COCC[C@@H](S)[C@@H](C)c1ncc(F)cn1. The number of hydrogen-bond donors (Lipinski definition) is 1. The van der Waals surface area contributed by atoms with Crippen molar-refractivity contribution < 1.29 is 9.13 Å². The number of aromatic nitrogens is 2. The molecule has 5 heteroatoms. The van der Waals surface area contributed by atoms with Gasteiger partial charge in [-0.3, -0.25) is 0 Å². The molecule has 0 fully saturated rings. The maximum atomic E-state index is 12.6. The molecular formula is C10H15FN2OS. The zero-order chi connectivity index (χ0) is 11.3. The fourth-order valence-corrected chi connectivity index (χ4v) is 1.46. The molecule has 0 N–H and O–H groups in total. The molecule has 0 spiro atoms. The standard InChI is InChI=1S/C10H15FN2OS/c1-7(9(15)3-4-14-2)10-12-5-8(11)6-13-10/h5-7,9,15H,3-4H2,1-2H3/t7-,9-/m1/s1. The molecule has 0 aromatic carbocycles. The van der Waals surface area contributed by atoms with E-state index in [1.54, 1.807) is 7.11 Å². The topological polar surface area (TPSA) is 35.0 Å². The van der Waals surface area contributed by atoms with Gasteiger partial charge < -0.3 is 4.74 Å². The second-order valence-electron chi connectivity index (χ2n) is 3.40. The Morgan fingerprint density at radius 1 is 1.47 bits per heavy atom. The van der Waals surface area contributed by atoms with Crippen LogP contribution >= 0.6 is 12.6 Å². The molecule has 0 aliphatic heterocycles. The van der Waals surface area contributed by atoms with E-state index in [-0.39, 0.29) is 11.2 Å². The lowest BCUT2D eigenvalue weighted by Gasteiger charge is -2.16. The van der Waals surface area contributed by atoms with Crippen molar-refractivity contribution in [1.29, 1.82) is 0 Å². The van der Waals surface area contributed by atoms with Gasteiger partial charge in [-0.15, -0.1) is 0 Å². The van der Waals surface area contributed by atoms with Crippen molar-refractivity contribution in [2.24, 2.45) is 0 Å². The van der Waals surface area contributed by atoms with Crippen LogP contribution in [0.1, 0.15) is 25.1 Å². The van der Waals surface area contributed by atoms with E-state index in [1.807, 2.05) is 6.92 Å². The lowest BCUT2D eigenvalue weighted by molar-refractivity contribution is 0.192. The summed E-state index contributed by atoms with van der Waals surface area (Å²) >= 11 is 4.44. The van der Waals surface area contributed by atoms with E-state index in [2.05, 4.69) is 22.6 Å². The van der Waals surface area contributed by atoms with Crippen LogP contribution < -0.4 is 0 Å². The van der Waals surface area contributed by atoms with Gasteiger partial charge in [-0.1, -0.05) is 6.92 Å². The van der Waals surface area contributed by atoms with Crippen LogP contribution in [0, 0.1) is 5.82 Å². The summed E-state index contributed by atoms with van der Waals surface area (Å²) in [4.78, 5) is 7.86. The molecule has 0 saturated carbocycles. The molecule has 0 saturated heterocycles. The van der Waals surface area contributed by atoms with E-state index >= 15 is 0 Å². The molecule has 1 aromatic rings. The van der Waals surface area contributed by atoms with Crippen LogP contribution in [0.2, 0.25) is 0 Å². The Morgan fingerprint density at radius 3 is 2.60 bits per heavy atom. The summed E-state index contributed by atoms with van der Waals surface area (Å²) in [7, 11) is 1.65. The quantitative estimate of drug-likeness (QED) is 0.786. The monoisotopic (exact) mass is 230 g/mol. The summed E-state index contributed by atoms with van der Waals surface area (Å²) in [5.74, 6) is 0.287. The van der Waals surface area contributed by atoms with Crippen LogP contribution in [-0.2, 0) is 4.74 Å². The predicted octanol–water partition coefficient (Wildman–Crippen LogP) is 2.05. The molecular weight excluding hydrogens is 215 g/mol. The van der Waals surface area contributed by atoms with Crippen LogP contribution in [-0.4, -0.2) is 28.9 Å². The molecule has 0 radical (unpaired) electrons. The molecule has 0 bridgehead atoms. The third kappa shape index (κ3) is 3.76. The maximum Gasteiger partial charge on any atom is 0.159 e. The average molecular weight is 230 g/mol. The largest absolute Gasteiger partial charge is 0.385 e. The lowest BCUT2D eigenvalue weighted by Crippen LogP contribution is -2.15. The highest BCUT2D eigenvalue weighted by Crippen LogP contribution is 2.22. The summed E-state index contributed by atoms with van der Waals surface area (Å²) < 4.78 is 17.6. The summed E-state index contributed by atoms with van der Waals surface area (Å²) in [5.41, 5.74) is 0. The van der Waals surface area contributed by atoms with E-state index in [0.717, 1.165) is 6.42 Å². The highest BCUT2D eigenvalue weighted by atomic mass is 32.1. The minimum Gasteiger partial charge on any atom is -0.385 e. The van der Waals surface area contributed by atoms with Crippen molar-refractivity contribution in [2.75, 3.05) is 13.7 Å². The van der Waals surface area contributed by atoms with E-state index in [9.17, 15) is 4.39 Å². The first-order valence-electron chi connectivity index (χ1n) is 4.79. The molecule has 3 nitrogen and oxygen atoms in total. The van der Waals surface area contributed by atoms with Crippen molar-refractivity contribution in [3.05, 3.63) is 24.0 Å². The summed E-state index contributed by atoms with van der Waals surface area (Å²) in [6, 6.07) is 0. The number of halogens is 1. The summed E-state index contributed by atoms with van der Waals surface area (Å²) in [6.45, 7) is 2.63. The molecule has 0 amide bonds. The Hall–Kier alpha value is -0.680. The van der Waals surface area contributed by atoms with Crippen molar-refractivity contribution in [3.8, 4) is 0 Å². The highest BCUT2D eigenvalue weighted by Gasteiger charge is 2.17. The first kappa shape index (κ1) is 12.4. The average Bonchev–Trinajstić information content (AvgIpc) is 2.26. The molecule has 1 aromatic heterocycles. The first-order valence-corrected chi connectivity index (χ1v) is 5.31. The van der Waals surface area contributed by atoms with Crippen molar-refractivity contribution in [2.45, 2.75) is 24.5 Å². The Kier molecular flexibility index (Phi) is 4.98. The normalized spacial score (nSPS) is 14.9. The lowest BCUT2D eigenvalue weighted by atomic mass is 10.0. The van der Waals surface area contributed by atoms with Crippen molar-refractivity contribution >= 4 is 12.6 Å². The van der Waals surface area contributed by atoms with Gasteiger partial charge in [-0.25, -0.2) is 14.4 Å². The minimum atomic E-state index is -0.418. The number of ether oxygens (including phenoxy) is 1. The summed E-state index contributed by atoms with van der Waals surface area (Å²) in [6.07, 6.45) is 3.17. The van der Waals surface area contributed by atoms with Crippen LogP contribution in [0.15, 0.2) is 12.4 Å². The maximum absolute atomic E-state index is 12.6. The van der Waals surface area contributed by atoms with Gasteiger partial charge in [0.25, 0.3) is 0 Å². The molecule has 1 rings (SSSR count). The van der Waals surface area contributed by atoms with Crippen LogP contribution in [0.5, 0.6) is 0 Å². The number of hydrogen-bond acceptors (Lipinski definition) is 4. The van der Waals surface area contributed by atoms with Gasteiger partial charge in [-0.2, -0.15) is 12.6 Å². The van der Waals surface area contributed by atoms with Crippen molar-refractivity contribution in [3.63, 3.8) is 0 Å². The van der Waals surface area contributed by atoms with Gasteiger partial charge in [0.1, 0.15) is 5.82 Å². The number of thiol groups is 1. The second kappa shape index (κ2) is 6.02. The molecule has 0 unspecified atom stereocenters. The Labute approximate surface area is 94.5 Å². The number of rotatable bonds is 5. The highest BCUT2D eigenvalue weighted by molar-refractivity contribution is 7.81. The van der Waals surface area contributed by atoms with Gasteiger partial charge in [-0.05, 0) is 6.42 Å². The van der Waals surface area contributed by atoms with Gasteiger partial charge in [0.2, 0.25) is 0 Å². The van der Waals surface area contributed by atoms with E-state index in [4.69, 9.17) is 4.74 Å². The number of nitrogens with zero attached hydrogens (tertiary/aromatic N) is 2. The zero-order valence-electron chi connectivity index (χ0n) is 8.85. The molecule has 2 atom stereocenters. The van der Waals surface area contributed by atoms with E-state index in [0.29, 0.717) is 12.4 Å². The van der Waals surface area contributed by atoms with E-state index < -0.39 is 5.82 Å². The molecule has 0 aliphatic rings. The third-order valence-electron chi connectivity index (χ3n) is 2.24. The van der Waals surface area contributed by atoms with Gasteiger partial charge in [0.05, 0.1) is 12.4 Å². The first-order chi connectivity index (χ1) is 7.15. The van der Waals surface area contributed by atoms with Crippen LogP contribution in [0.25, 0.3) is 0 Å². The van der Waals surface area contributed by atoms with Gasteiger partial charge in [0.15, 0.2) is 5.82 Å². The van der Waals surface area contributed by atoms with Gasteiger partial charge >= 0.3 is 0 Å². The molecule has 1 heterocycles. The zero-order valence-corrected chi connectivity index (χ0v) is 9.75. The van der Waals surface area contributed by atoms with Gasteiger partial charge in [0, 0.05) is 24.9 Å². The Bertz CT molecular complexity index is 294. The molecule has 15 heavy (non-hydrogen) atoms. The fourth-order valence-electron chi connectivity index (χ4n) is 1.22. The van der Waals surface area contributed by atoms with E-state index in [1.165, 1.54) is 12.4 Å². The Morgan fingerprint density at radius 2 is 2.07 bits per heavy atom. The number of methoxy groups -OCH3 is 1. The van der Waals surface area contributed by atoms with Crippen molar-refractivity contribution in [1.82, 2.24) is 9.97 Å². The molecule has 84 valence electrons. The summed E-state index contributed by atoms with van der Waals surface area (Å²) in [5, 5.41) is 0.121.